The molecule has 1 fully saturated rings. The van der Waals surface area contributed by atoms with Crippen molar-refractivity contribution in [2.24, 2.45) is 0 Å². The third kappa shape index (κ3) is 4.48. The summed E-state index contributed by atoms with van der Waals surface area (Å²) in [6.45, 7) is 2.04. The van der Waals surface area contributed by atoms with Gasteiger partial charge in [-0.3, -0.25) is 4.79 Å². The van der Waals surface area contributed by atoms with E-state index >= 15 is 0 Å². The third-order valence-corrected chi connectivity index (χ3v) is 3.77. The fraction of sp³-hybridized carbons (Fsp3) is 0.294. The van der Waals surface area contributed by atoms with Gasteiger partial charge in [-0.15, -0.1) is 0 Å². The zero-order valence-corrected chi connectivity index (χ0v) is 13.2. The Morgan fingerprint density at radius 3 is 2.68 bits per heavy atom. The molecule has 1 N–H and O–H groups in total. The van der Waals surface area contributed by atoms with Crippen LogP contribution in [0.3, 0.4) is 0 Å². The lowest BCUT2D eigenvalue weighted by Crippen LogP contribution is -2.47. The molecule has 0 unspecified atom stereocenters. The Kier molecular flexibility index (Phi) is 4.89. The molecule has 0 radical (unpaired) electrons. The molecular formula is C17H16F3N3O2. The lowest BCUT2D eigenvalue weighted by Gasteiger charge is -2.26. The Balaban J connectivity index is 1.62. The van der Waals surface area contributed by atoms with E-state index < -0.39 is 11.7 Å². The van der Waals surface area contributed by atoms with Crippen molar-refractivity contribution in [2.45, 2.75) is 12.7 Å². The summed E-state index contributed by atoms with van der Waals surface area (Å²) in [5.74, 6) is 0.341. The number of nitrogens with zero attached hydrogens (tertiary/aromatic N) is 2. The van der Waals surface area contributed by atoms with Crippen molar-refractivity contribution < 1.29 is 22.4 Å². The summed E-state index contributed by atoms with van der Waals surface area (Å²) in [6, 6.07) is 4.80. The first-order valence-corrected chi connectivity index (χ1v) is 7.70. The molecule has 1 aromatic carbocycles. The van der Waals surface area contributed by atoms with Crippen LogP contribution in [-0.2, 0) is 17.5 Å². The van der Waals surface area contributed by atoms with E-state index in [1.807, 2.05) is 0 Å². The highest BCUT2D eigenvalue weighted by atomic mass is 19.4. The Bertz CT molecular complexity index is 766. The van der Waals surface area contributed by atoms with E-state index in [-0.39, 0.29) is 5.91 Å². The van der Waals surface area contributed by atoms with Crippen molar-refractivity contribution in [1.82, 2.24) is 15.2 Å². The first-order valence-electron chi connectivity index (χ1n) is 7.70. The second-order valence-corrected chi connectivity index (χ2v) is 5.62. The number of amides is 1. The quantitative estimate of drug-likeness (QED) is 0.920. The molecule has 0 saturated carbocycles. The molecule has 132 valence electrons. The smallest absolute Gasteiger partial charge is 0.416 e. The summed E-state index contributed by atoms with van der Waals surface area (Å²) in [5.41, 5.74) is 0.538. The second kappa shape index (κ2) is 7.10. The number of alkyl halides is 3. The molecule has 0 bridgehead atoms. The molecule has 2 heterocycles. The van der Waals surface area contributed by atoms with E-state index in [4.69, 9.17) is 4.42 Å². The van der Waals surface area contributed by atoms with E-state index in [1.54, 1.807) is 17.1 Å². The number of aromatic nitrogens is 1. The van der Waals surface area contributed by atoms with Crippen LogP contribution in [0.1, 0.15) is 22.7 Å². The summed E-state index contributed by atoms with van der Waals surface area (Å²) in [4.78, 5) is 17.7. The van der Waals surface area contributed by atoms with Crippen molar-refractivity contribution >= 4 is 18.1 Å². The Morgan fingerprint density at radius 1 is 1.24 bits per heavy atom. The summed E-state index contributed by atoms with van der Waals surface area (Å²) in [7, 11) is 0. The van der Waals surface area contributed by atoms with E-state index in [1.165, 1.54) is 18.4 Å². The van der Waals surface area contributed by atoms with Crippen molar-refractivity contribution in [3.8, 4) is 0 Å². The van der Waals surface area contributed by atoms with Gasteiger partial charge in [0.15, 0.2) is 0 Å². The monoisotopic (exact) mass is 351 g/mol. The maximum Gasteiger partial charge on any atom is 0.416 e. The summed E-state index contributed by atoms with van der Waals surface area (Å²) in [5, 5.41) is 2.99. The van der Waals surface area contributed by atoms with Crippen molar-refractivity contribution in [3.05, 3.63) is 53.2 Å². The molecule has 1 amide bonds. The molecule has 1 aliphatic heterocycles. The van der Waals surface area contributed by atoms with Crippen LogP contribution >= 0.6 is 0 Å². The fourth-order valence-corrected chi connectivity index (χ4v) is 2.43. The van der Waals surface area contributed by atoms with Crippen LogP contribution in [0.5, 0.6) is 0 Å². The minimum Gasteiger partial charge on any atom is -0.445 e. The van der Waals surface area contributed by atoms with Crippen LogP contribution in [0.15, 0.2) is 34.9 Å². The molecule has 25 heavy (non-hydrogen) atoms. The van der Waals surface area contributed by atoms with Crippen LogP contribution in [0, 0.1) is 0 Å². The van der Waals surface area contributed by atoms with Gasteiger partial charge in [0.1, 0.15) is 6.26 Å². The number of nitrogens with one attached hydrogen (secondary N) is 1. The van der Waals surface area contributed by atoms with Gasteiger partial charge in [0.05, 0.1) is 24.3 Å². The van der Waals surface area contributed by atoms with Crippen LogP contribution in [0.4, 0.5) is 13.2 Å². The number of carbonyl (C=O) groups excluding carboxylic acids is 1. The lowest BCUT2D eigenvalue weighted by molar-refractivity contribution is -0.137. The van der Waals surface area contributed by atoms with Gasteiger partial charge in [0, 0.05) is 19.2 Å². The molecule has 2 aromatic rings. The molecule has 3 rings (SSSR count). The largest absolute Gasteiger partial charge is 0.445 e. The van der Waals surface area contributed by atoms with Gasteiger partial charge in [-0.25, -0.2) is 4.98 Å². The van der Waals surface area contributed by atoms with Crippen molar-refractivity contribution in [1.29, 1.82) is 0 Å². The number of rotatable bonds is 4. The molecule has 0 spiro atoms. The average Bonchev–Trinajstić information content (AvgIpc) is 3.02. The van der Waals surface area contributed by atoms with Gasteiger partial charge < -0.3 is 14.6 Å². The first-order chi connectivity index (χ1) is 11.9. The van der Waals surface area contributed by atoms with Gasteiger partial charge >= 0.3 is 6.18 Å². The highest BCUT2D eigenvalue weighted by molar-refractivity contribution is 5.78. The van der Waals surface area contributed by atoms with E-state index in [9.17, 15) is 18.0 Å². The van der Waals surface area contributed by atoms with E-state index in [0.29, 0.717) is 36.8 Å². The highest BCUT2D eigenvalue weighted by Gasteiger charge is 2.29. The molecule has 1 saturated heterocycles. The van der Waals surface area contributed by atoms with Crippen molar-refractivity contribution in [2.75, 3.05) is 19.6 Å². The Hall–Kier alpha value is -2.61. The molecule has 1 aromatic heterocycles. The van der Waals surface area contributed by atoms with Gasteiger partial charge in [0.2, 0.25) is 11.8 Å². The van der Waals surface area contributed by atoms with Gasteiger partial charge in [-0.05, 0) is 23.8 Å². The number of hydrogen-bond acceptors (Lipinski definition) is 4. The maximum atomic E-state index is 12.5. The minimum absolute atomic E-state index is 0.0103. The molecule has 0 atom stereocenters. The summed E-state index contributed by atoms with van der Waals surface area (Å²) >= 11 is 0. The topological polar surface area (TPSA) is 58.4 Å². The van der Waals surface area contributed by atoms with Crippen LogP contribution in [0.25, 0.3) is 12.2 Å². The lowest BCUT2D eigenvalue weighted by atomic mass is 10.1. The normalized spacial score (nSPS) is 16.0. The highest BCUT2D eigenvalue weighted by Crippen LogP contribution is 2.29. The van der Waals surface area contributed by atoms with Gasteiger partial charge in [-0.2, -0.15) is 13.2 Å². The average molecular weight is 351 g/mol. The zero-order chi connectivity index (χ0) is 17.9. The van der Waals surface area contributed by atoms with Crippen LogP contribution in [-0.4, -0.2) is 35.4 Å². The SMILES string of the molecule is O=C1CNCCN1Cc1coc(/C=C/c2ccc(C(F)(F)F)cc2)n1. The molecule has 8 heteroatoms. The van der Waals surface area contributed by atoms with Gasteiger partial charge in [0.25, 0.3) is 0 Å². The Labute approximate surface area is 142 Å². The van der Waals surface area contributed by atoms with Crippen LogP contribution in [0.2, 0.25) is 0 Å². The van der Waals surface area contributed by atoms with E-state index in [0.717, 1.165) is 18.7 Å². The molecule has 1 aliphatic rings. The fourth-order valence-electron chi connectivity index (χ4n) is 2.43. The Morgan fingerprint density at radius 2 is 2.00 bits per heavy atom. The number of hydrogen-bond donors (Lipinski definition) is 1. The molecular weight excluding hydrogens is 335 g/mol. The number of benzene rings is 1. The zero-order valence-electron chi connectivity index (χ0n) is 13.2. The predicted molar refractivity (Wildman–Crippen MR) is 85.2 cm³/mol. The number of piperazine rings is 1. The predicted octanol–water partition coefficient (Wildman–Crippen LogP) is 2.80. The third-order valence-electron chi connectivity index (χ3n) is 3.77. The standard InChI is InChI=1S/C17H16F3N3O2/c18-17(19,20)13-4-1-12(2-5-13)3-6-15-22-14(11-25-15)10-23-8-7-21-9-16(23)24/h1-6,11,21H,7-10H2/b6-3+. The van der Waals surface area contributed by atoms with Gasteiger partial charge in [-0.1, -0.05) is 12.1 Å². The second-order valence-electron chi connectivity index (χ2n) is 5.62. The summed E-state index contributed by atoms with van der Waals surface area (Å²) < 4.78 is 42.9. The van der Waals surface area contributed by atoms with E-state index in [2.05, 4.69) is 10.3 Å². The molecule has 0 aliphatic carbocycles. The number of halogens is 3. The van der Waals surface area contributed by atoms with Crippen LogP contribution < -0.4 is 5.32 Å². The number of oxazole rings is 1. The molecule has 5 nitrogen and oxygen atoms in total. The minimum atomic E-state index is -4.35. The number of carbonyl (C=O) groups is 1. The maximum absolute atomic E-state index is 12.5. The van der Waals surface area contributed by atoms with Crippen molar-refractivity contribution in [3.63, 3.8) is 0 Å². The summed E-state index contributed by atoms with van der Waals surface area (Å²) in [6.07, 6.45) is 0.320. The first kappa shape index (κ1) is 17.2.